The van der Waals surface area contributed by atoms with E-state index in [1.807, 2.05) is 12.1 Å². The molecule has 0 bridgehead atoms. The lowest BCUT2D eigenvalue weighted by Gasteiger charge is -2.26. The lowest BCUT2D eigenvalue weighted by atomic mass is 9.87. The van der Waals surface area contributed by atoms with E-state index >= 15 is 0 Å². The first-order valence-corrected chi connectivity index (χ1v) is 10.8. The van der Waals surface area contributed by atoms with Gasteiger partial charge in [0, 0.05) is 24.0 Å². The van der Waals surface area contributed by atoms with E-state index in [1.165, 1.54) is 18.0 Å². The summed E-state index contributed by atoms with van der Waals surface area (Å²) in [4.78, 5) is 21.7. The molecule has 2 heterocycles. The zero-order chi connectivity index (χ0) is 21.6. The van der Waals surface area contributed by atoms with Gasteiger partial charge in [0.2, 0.25) is 0 Å². The van der Waals surface area contributed by atoms with Gasteiger partial charge in [0.1, 0.15) is 0 Å². The topological polar surface area (TPSA) is 129 Å². The molecule has 2 aliphatic rings. The number of nitrogen functional groups attached to an aromatic ring is 1. The van der Waals surface area contributed by atoms with Crippen molar-refractivity contribution in [2.75, 3.05) is 18.8 Å². The number of hydrogen-bond acceptors (Lipinski definition) is 7. The van der Waals surface area contributed by atoms with E-state index in [2.05, 4.69) is 38.1 Å². The molecule has 162 valence electrons. The number of carbonyl (C=O) groups excluding carboxylic acids is 1. The average molecular weight is 420 g/mol. The fourth-order valence-electron chi connectivity index (χ4n) is 4.22. The van der Waals surface area contributed by atoms with E-state index in [0.717, 1.165) is 50.8 Å². The Morgan fingerprint density at radius 2 is 2.03 bits per heavy atom. The number of nitrogens with zero attached hydrogens (tertiary/aromatic N) is 2. The maximum absolute atomic E-state index is 13.0. The number of aromatic nitrogens is 2. The molecule has 2 aromatic rings. The molecular formula is C23H29N7O. The Morgan fingerprint density at radius 3 is 2.84 bits per heavy atom. The van der Waals surface area contributed by atoms with E-state index in [1.54, 1.807) is 6.20 Å². The second-order valence-corrected chi connectivity index (χ2v) is 8.04. The Bertz CT molecular complexity index is 982. The molecule has 0 saturated carbocycles. The summed E-state index contributed by atoms with van der Waals surface area (Å²) in [5.41, 5.74) is 9.50. The highest BCUT2D eigenvalue weighted by molar-refractivity contribution is 6.07. The molecule has 1 aliphatic heterocycles. The van der Waals surface area contributed by atoms with Gasteiger partial charge in [0.25, 0.3) is 5.91 Å². The van der Waals surface area contributed by atoms with Crippen molar-refractivity contribution in [1.82, 2.24) is 25.9 Å². The second-order valence-electron chi connectivity index (χ2n) is 8.04. The third kappa shape index (κ3) is 4.91. The van der Waals surface area contributed by atoms with Gasteiger partial charge in [-0.15, -0.1) is 0 Å². The monoisotopic (exact) mass is 419 g/mol. The van der Waals surface area contributed by atoms with Crippen LogP contribution in [0.25, 0.3) is 5.57 Å². The number of anilines is 1. The van der Waals surface area contributed by atoms with Crippen molar-refractivity contribution in [3.8, 4) is 0 Å². The first-order valence-electron chi connectivity index (χ1n) is 10.8. The number of hydrogen-bond donors (Lipinski definition) is 5. The zero-order valence-corrected chi connectivity index (χ0v) is 17.5. The molecule has 1 aliphatic carbocycles. The van der Waals surface area contributed by atoms with Crippen molar-refractivity contribution in [3.05, 3.63) is 59.2 Å². The molecule has 8 nitrogen and oxygen atoms in total. The molecule has 1 unspecified atom stereocenters. The van der Waals surface area contributed by atoms with Crippen LogP contribution >= 0.6 is 0 Å². The molecule has 6 N–H and O–H groups in total. The first kappa shape index (κ1) is 21.0. The number of allylic oxidation sites excluding steroid dienone is 1. The van der Waals surface area contributed by atoms with Crippen LogP contribution in [0.15, 0.2) is 36.7 Å². The van der Waals surface area contributed by atoms with Crippen LogP contribution in [-0.2, 0) is 6.42 Å². The third-order valence-electron chi connectivity index (χ3n) is 5.96. The van der Waals surface area contributed by atoms with Gasteiger partial charge < -0.3 is 27.1 Å². The quantitative estimate of drug-likeness (QED) is 0.457. The Kier molecular flexibility index (Phi) is 6.57. The number of benzene rings is 1. The van der Waals surface area contributed by atoms with Crippen LogP contribution in [0.2, 0.25) is 0 Å². The fraction of sp³-hybridized carbons (Fsp3) is 0.391. The van der Waals surface area contributed by atoms with Crippen LogP contribution in [0.4, 0.5) is 5.82 Å². The summed E-state index contributed by atoms with van der Waals surface area (Å²) < 4.78 is 0. The van der Waals surface area contributed by atoms with Gasteiger partial charge in [-0.2, -0.15) is 0 Å². The summed E-state index contributed by atoms with van der Waals surface area (Å²) in [7, 11) is 0. The van der Waals surface area contributed by atoms with Crippen molar-refractivity contribution in [3.63, 3.8) is 0 Å². The van der Waals surface area contributed by atoms with Gasteiger partial charge in [0.05, 0.1) is 17.9 Å². The molecule has 8 heteroatoms. The van der Waals surface area contributed by atoms with Crippen molar-refractivity contribution in [1.29, 1.82) is 5.41 Å². The largest absolute Gasteiger partial charge is 0.387 e. The van der Waals surface area contributed by atoms with Crippen LogP contribution < -0.4 is 21.7 Å². The number of fused-ring (bicyclic) bond motifs is 1. The summed E-state index contributed by atoms with van der Waals surface area (Å²) in [6, 6.07) is 8.48. The number of nitrogens with one attached hydrogen (secondary N) is 4. The highest BCUT2D eigenvalue weighted by Crippen LogP contribution is 2.29. The van der Waals surface area contributed by atoms with Crippen LogP contribution in [0.3, 0.4) is 0 Å². The highest BCUT2D eigenvalue weighted by Gasteiger charge is 2.24. The van der Waals surface area contributed by atoms with E-state index in [9.17, 15) is 4.79 Å². The predicted octanol–water partition coefficient (Wildman–Crippen LogP) is 2.20. The lowest BCUT2D eigenvalue weighted by Crippen LogP contribution is -2.37. The van der Waals surface area contributed by atoms with E-state index in [4.69, 9.17) is 11.1 Å². The molecule has 1 saturated heterocycles. The minimum absolute atomic E-state index is 0.0679. The smallest absolute Gasteiger partial charge is 0.274 e. The van der Waals surface area contributed by atoms with Gasteiger partial charge in [-0.25, -0.2) is 9.97 Å². The van der Waals surface area contributed by atoms with Gasteiger partial charge in [0.15, 0.2) is 11.5 Å². The Hall–Kier alpha value is -3.26. The van der Waals surface area contributed by atoms with Crippen LogP contribution in [0, 0.1) is 5.41 Å². The number of rotatable bonds is 6. The normalized spacial score (nSPS) is 19.4. The summed E-state index contributed by atoms with van der Waals surface area (Å²) in [6.45, 7) is 1.95. The number of piperidine rings is 1. The summed E-state index contributed by atoms with van der Waals surface area (Å²) in [5, 5.41) is 17.6. The molecule has 31 heavy (non-hydrogen) atoms. The minimum Gasteiger partial charge on any atom is -0.387 e. The SMILES string of the molecule is N=C/C(=C\NC1CCNCC1)c1cnc(N)c(C(=O)NC2CCCc3ccccc32)n1. The average Bonchev–Trinajstić information content (AvgIpc) is 2.81. The van der Waals surface area contributed by atoms with Crippen molar-refractivity contribution in [2.45, 2.75) is 44.2 Å². The molecule has 1 atom stereocenters. The van der Waals surface area contributed by atoms with E-state index < -0.39 is 0 Å². The van der Waals surface area contributed by atoms with E-state index in [-0.39, 0.29) is 23.5 Å². The summed E-state index contributed by atoms with van der Waals surface area (Å²) in [5.74, 6) is -0.259. The summed E-state index contributed by atoms with van der Waals surface area (Å²) in [6.07, 6.45) is 9.46. The first-order chi connectivity index (χ1) is 15.2. The van der Waals surface area contributed by atoms with Gasteiger partial charge in [-0.1, -0.05) is 24.3 Å². The fourth-order valence-corrected chi connectivity index (χ4v) is 4.22. The lowest BCUT2D eigenvalue weighted by molar-refractivity contribution is 0.0928. The Labute approximate surface area is 182 Å². The highest BCUT2D eigenvalue weighted by atomic mass is 16.2. The Balaban J connectivity index is 1.52. The van der Waals surface area contributed by atoms with Crippen molar-refractivity contribution in [2.24, 2.45) is 0 Å². The molecule has 1 aromatic heterocycles. The third-order valence-corrected chi connectivity index (χ3v) is 5.96. The standard InChI is InChI=1S/C23H29N7O/c24-12-16(13-27-17-8-10-26-11-9-17)20-14-28-22(25)21(29-20)23(31)30-19-7-3-5-15-4-1-2-6-18(15)19/h1-2,4,6,12-14,17,19,24,26-27H,3,5,7-11H2,(H2,25,28)(H,30,31)/b16-13+,24-12?. The molecule has 0 radical (unpaired) electrons. The van der Waals surface area contributed by atoms with Crippen LogP contribution in [0.5, 0.6) is 0 Å². The maximum Gasteiger partial charge on any atom is 0.274 e. The van der Waals surface area contributed by atoms with Gasteiger partial charge >= 0.3 is 0 Å². The van der Waals surface area contributed by atoms with Crippen molar-refractivity contribution >= 4 is 23.5 Å². The molecule has 1 amide bonds. The zero-order valence-electron chi connectivity index (χ0n) is 17.5. The number of nitrogens with two attached hydrogens (primary N) is 1. The predicted molar refractivity (Wildman–Crippen MR) is 122 cm³/mol. The molecule has 1 aromatic carbocycles. The number of aryl methyl sites for hydroxylation is 1. The van der Waals surface area contributed by atoms with Crippen LogP contribution in [-0.4, -0.2) is 41.2 Å². The minimum atomic E-state index is -0.343. The van der Waals surface area contributed by atoms with Gasteiger partial charge in [-0.3, -0.25) is 4.79 Å². The molecule has 1 fully saturated rings. The van der Waals surface area contributed by atoms with Crippen molar-refractivity contribution < 1.29 is 4.79 Å². The maximum atomic E-state index is 13.0. The molecule has 4 rings (SSSR count). The Morgan fingerprint density at radius 1 is 1.23 bits per heavy atom. The molecule has 0 spiro atoms. The van der Waals surface area contributed by atoms with Crippen LogP contribution in [0.1, 0.15) is 59.0 Å². The molecular weight excluding hydrogens is 390 g/mol. The van der Waals surface area contributed by atoms with Gasteiger partial charge in [-0.05, 0) is 56.3 Å². The number of amides is 1. The van der Waals surface area contributed by atoms with E-state index in [0.29, 0.717) is 17.3 Å². The summed E-state index contributed by atoms with van der Waals surface area (Å²) >= 11 is 0. The number of carbonyl (C=O) groups is 1. The second kappa shape index (κ2) is 9.70.